The van der Waals surface area contributed by atoms with Gasteiger partial charge in [-0.25, -0.2) is 13.4 Å². The first-order chi connectivity index (χ1) is 7.93. The van der Waals surface area contributed by atoms with Crippen molar-refractivity contribution in [2.45, 2.75) is 18.1 Å². The average molecular weight is 280 g/mol. The highest BCUT2D eigenvalue weighted by Crippen LogP contribution is 2.23. The second-order valence-electron chi connectivity index (χ2n) is 4.00. The van der Waals surface area contributed by atoms with Gasteiger partial charge in [-0.1, -0.05) is 11.6 Å². The van der Waals surface area contributed by atoms with E-state index in [0.717, 1.165) is 0 Å². The van der Waals surface area contributed by atoms with Gasteiger partial charge in [0.15, 0.2) is 0 Å². The van der Waals surface area contributed by atoms with Crippen LogP contribution in [0.5, 0.6) is 0 Å². The molecule has 1 saturated heterocycles. The molecule has 1 atom stereocenters. The SMILES string of the molecule is CC1CN(S(=O)(=O)c2ncn(C)c2Cl)CCO1. The molecule has 6 nitrogen and oxygen atoms in total. The number of morpholine rings is 1. The zero-order chi connectivity index (χ0) is 12.6. The van der Waals surface area contributed by atoms with Crippen LogP contribution in [-0.4, -0.2) is 48.1 Å². The molecule has 0 aromatic carbocycles. The summed E-state index contributed by atoms with van der Waals surface area (Å²) in [6, 6.07) is 0. The van der Waals surface area contributed by atoms with E-state index in [1.807, 2.05) is 6.92 Å². The summed E-state index contributed by atoms with van der Waals surface area (Å²) >= 11 is 5.91. The molecule has 0 radical (unpaired) electrons. The fourth-order valence-corrected chi connectivity index (χ4v) is 3.58. The zero-order valence-electron chi connectivity index (χ0n) is 9.63. The monoisotopic (exact) mass is 279 g/mol. The van der Waals surface area contributed by atoms with E-state index >= 15 is 0 Å². The molecule has 0 N–H and O–H groups in total. The number of rotatable bonds is 2. The van der Waals surface area contributed by atoms with Crippen molar-refractivity contribution in [3.05, 3.63) is 11.5 Å². The molecule has 0 spiro atoms. The van der Waals surface area contributed by atoms with E-state index in [2.05, 4.69) is 4.98 Å². The van der Waals surface area contributed by atoms with Gasteiger partial charge in [0.05, 0.1) is 19.0 Å². The molecule has 1 aromatic heterocycles. The molecule has 1 aliphatic heterocycles. The number of imidazole rings is 1. The van der Waals surface area contributed by atoms with Crippen molar-refractivity contribution in [1.82, 2.24) is 13.9 Å². The van der Waals surface area contributed by atoms with E-state index in [0.29, 0.717) is 19.7 Å². The Hall–Kier alpha value is -0.630. The molecule has 2 heterocycles. The van der Waals surface area contributed by atoms with Gasteiger partial charge in [-0.3, -0.25) is 0 Å². The maximum absolute atomic E-state index is 12.3. The largest absolute Gasteiger partial charge is 0.376 e. The van der Waals surface area contributed by atoms with E-state index in [1.165, 1.54) is 15.2 Å². The van der Waals surface area contributed by atoms with Crippen molar-refractivity contribution in [2.75, 3.05) is 19.7 Å². The fourth-order valence-electron chi connectivity index (χ4n) is 1.69. The lowest BCUT2D eigenvalue weighted by molar-refractivity contribution is 0.0101. The van der Waals surface area contributed by atoms with Crippen LogP contribution in [0.2, 0.25) is 5.15 Å². The Kier molecular flexibility index (Phi) is 3.44. The number of sulfonamides is 1. The van der Waals surface area contributed by atoms with E-state index in [-0.39, 0.29) is 16.3 Å². The lowest BCUT2D eigenvalue weighted by atomic mass is 10.3. The van der Waals surface area contributed by atoms with Gasteiger partial charge < -0.3 is 9.30 Å². The van der Waals surface area contributed by atoms with E-state index in [4.69, 9.17) is 16.3 Å². The summed E-state index contributed by atoms with van der Waals surface area (Å²) in [5.74, 6) is 0. The van der Waals surface area contributed by atoms with Crippen LogP contribution in [0.3, 0.4) is 0 Å². The summed E-state index contributed by atoms with van der Waals surface area (Å²) < 4.78 is 32.7. The van der Waals surface area contributed by atoms with Crippen molar-refractivity contribution in [1.29, 1.82) is 0 Å². The Morgan fingerprint density at radius 1 is 1.59 bits per heavy atom. The zero-order valence-corrected chi connectivity index (χ0v) is 11.2. The first kappa shape index (κ1) is 12.8. The standard InChI is InChI=1S/C9H14ClN3O3S/c1-7-5-13(3-4-16-7)17(14,15)9-8(10)12(2)6-11-9/h6-7H,3-5H2,1-2H3. The third-order valence-corrected chi connectivity index (χ3v) is 4.98. The minimum absolute atomic E-state index is 0.0873. The minimum atomic E-state index is -3.62. The van der Waals surface area contributed by atoms with Gasteiger partial charge in [0.25, 0.3) is 10.0 Å². The molecule has 1 aliphatic rings. The molecule has 1 aromatic rings. The molecule has 0 saturated carbocycles. The number of hydrogen-bond acceptors (Lipinski definition) is 4. The highest BCUT2D eigenvalue weighted by Gasteiger charge is 2.32. The molecule has 0 amide bonds. The highest BCUT2D eigenvalue weighted by molar-refractivity contribution is 7.89. The summed E-state index contributed by atoms with van der Waals surface area (Å²) in [5, 5.41) is 0.0416. The van der Waals surface area contributed by atoms with E-state index in [9.17, 15) is 8.42 Å². The van der Waals surface area contributed by atoms with Crippen LogP contribution in [-0.2, 0) is 21.8 Å². The summed E-state index contributed by atoms with van der Waals surface area (Å²) in [5.41, 5.74) is 0. The fraction of sp³-hybridized carbons (Fsp3) is 0.667. The van der Waals surface area contributed by atoms with Gasteiger partial charge in [0.2, 0.25) is 5.03 Å². The topological polar surface area (TPSA) is 64.4 Å². The van der Waals surface area contributed by atoms with Gasteiger partial charge in [0.1, 0.15) is 5.15 Å². The van der Waals surface area contributed by atoms with Crippen LogP contribution in [0.4, 0.5) is 0 Å². The number of aromatic nitrogens is 2. The first-order valence-corrected chi connectivity index (χ1v) is 7.03. The van der Waals surface area contributed by atoms with Gasteiger partial charge in [-0.15, -0.1) is 0 Å². The number of nitrogens with zero attached hydrogens (tertiary/aromatic N) is 3. The van der Waals surface area contributed by atoms with Gasteiger partial charge in [0, 0.05) is 20.1 Å². The van der Waals surface area contributed by atoms with Crippen LogP contribution in [0.15, 0.2) is 11.4 Å². The van der Waals surface area contributed by atoms with Gasteiger partial charge in [-0.2, -0.15) is 4.31 Å². The summed E-state index contributed by atoms with van der Waals surface area (Å²) in [4.78, 5) is 3.85. The van der Waals surface area contributed by atoms with Crippen LogP contribution in [0, 0.1) is 0 Å². The highest BCUT2D eigenvalue weighted by atomic mass is 35.5. The summed E-state index contributed by atoms with van der Waals surface area (Å²) in [7, 11) is -1.97. The van der Waals surface area contributed by atoms with Crippen LogP contribution < -0.4 is 0 Å². The summed E-state index contributed by atoms with van der Waals surface area (Å²) in [6.45, 7) is 2.89. The number of halogens is 1. The molecular weight excluding hydrogens is 266 g/mol. The second-order valence-corrected chi connectivity index (χ2v) is 6.21. The van der Waals surface area contributed by atoms with Crippen molar-refractivity contribution in [3.8, 4) is 0 Å². The molecule has 0 bridgehead atoms. The summed E-state index contributed by atoms with van der Waals surface area (Å²) in [6.07, 6.45) is 1.28. The minimum Gasteiger partial charge on any atom is -0.376 e. The Bertz CT molecular complexity index is 514. The van der Waals surface area contributed by atoms with Crippen molar-refractivity contribution in [2.24, 2.45) is 7.05 Å². The molecule has 8 heteroatoms. The Labute approximate surface area is 105 Å². The quantitative estimate of drug-likeness (QED) is 0.790. The lowest BCUT2D eigenvalue weighted by Crippen LogP contribution is -2.44. The first-order valence-electron chi connectivity index (χ1n) is 5.21. The molecule has 1 fully saturated rings. The van der Waals surface area contributed by atoms with Gasteiger partial charge >= 0.3 is 0 Å². The Morgan fingerprint density at radius 3 is 2.82 bits per heavy atom. The average Bonchev–Trinajstić information content (AvgIpc) is 2.60. The van der Waals surface area contributed by atoms with Crippen LogP contribution in [0.1, 0.15) is 6.92 Å². The number of hydrogen-bond donors (Lipinski definition) is 0. The Balaban J connectivity index is 2.33. The smallest absolute Gasteiger partial charge is 0.263 e. The number of aryl methyl sites for hydroxylation is 1. The van der Waals surface area contributed by atoms with E-state index < -0.39 is 10.0 Å². The third kappa shape index (κ3) is 2.33. The Morgan fingerprint density at radius 2 is 2.29 bits per heavy atom. The molecule has 1 unspecified atom stereocenters. The predicted molar refractivity (Wildman–Crippen MR) is 62.4 cm³/mol. The number of ether oxygens (including phenoxy) is 1. The molecule has 96 valence electrons. The van der Waals surface area contributed by atoms with E-state index in [1.54, 1.807) is 7.05 Å². The molecular formula is C9H14ClN3O3S. The van der Waals surface area contributed by atoms with Gasteiger partial charge in [-0.05, 0) is 6.92 Å². The van der Waals surface area contributed by atoms with Crippen LogP contribution in [0.25, 0.3) is 0 Å². The molecule has 17 heavy (non-hydrogen) atoms. The van der Waals surface area contributed by atoms with Crippen LogP contribution >= 0.6 is 11.6 Å². The van der Waals surface area contributed by atoms with Crippen molar-refractivity contribution < 1.29 is 13.2 Å². The van der Waals surface area contributed by atoms with Crippen molar-refractivity contribution >= 4 is 21.6 Å². The lowest BCUT2D eigenvalue weighted by Gasteiger charge is -2.29. The predicted octanol–water partition coefficient (Wildman–Crippen LogP) is 0.483. The normalized spacial score (nSPS) is 22.9. The third-order valence-electron chi connectivity index (χ3n) is 2.62. The maximum Gasteiger partial charge on any atom is 0.263 e. The molecule has 2 rings (SSSR count). The molecule has 0 aliphatic carbocycles. The maximum atomic E-state index is 12.3. The van der Waals surface area contributed by atoms with Crippen molar-refractivity contribution in [3.63, 3.8) is 0 Å². The second kappa shape index (κ2) is 4.56.